The van der Waals surface area contributed by atoms with E-state index in [1.165, 1.54) is 20.3 Å². The topological polar surface area (TPSA) is 47.6 Å². The molecule has 0 unspecified atom stereocenters. The largest absolute Gasteiger partial charge is 0.493 e. The smallest absolute Gasteiger partial charge is 0.234 e. The Labute approximate surface area is 139 Å². The van der Waals surface area contributed by atoms with Gasteiger partial charge in [0.2, 0.25) is 5.91 Å². The van der Waals surface area contributed by atoms with Crippen LogP contribution in [0.25, 0.3) is 0 Å². The first kappa shape index (κ1) is 17.7. The summed E-state index contributed by atoms with van der Waals surface area (Å²) in [5.41, 5.74) is -0.0441. The number of halogens is 2. The molecular formula is C18H19F2NO3. The molecule has 0 saturated heterocycles. The van der Waals surface area contributed by atoms with E-state index >= 15 is 0 Å². The van der Waals surface area contributed by atoms with Crippen molar-refractivity contribution in [3.05, 3.63) is 53.6 Å². The van der Waals surface area contributed by atoms with Gasteiger partial charge in [-0.25, -0.2) is 8.78 Å². The van der Waals surface area contributed by atoms with Crippen LogP contribution in [0.3, 0.4) is 0 Å². The first-order valence-electron chi connectivity index (χ1n) is 7.28. The van der Waals surface area contributed by atoms with Gasteiger partial charge < -0.3 is 14.8 Å². The van der Waals surface area contributed by atoms with Crippen LogP contribution in [-0.4, -0.2) is 20.1 Å². The van der Waals surface area contributed by atoms with Crippen molar-refractivity contribution in [1.82, 2.24) is 0 Å². The number of hydrogen-bond donors (Lipinski definition) is 1. The molecule has 0 spiro atoms. The van der Waals surface area contributed by atoms with Crippen LogP contribution in [0, 0.1) is 11.6 Å². The summed E-state index contributed by atoms with van der Waals surface area (Å²) in [6.45, 7) is 3.45. The number of nitrogens with one attached hydrogen (secondary N) is 1. The molecule has 0 aliphatic carbocycles. The molecule has 0 heterocycles. The molecule has 0 saturated carbocycles. The maximum Gasteiger partial charge on any atom is 0.234 e. The van der Waals surface area contributed by atoms with Crippen molar-refractivity contribution < 1.29 is 23.0 Å². The first-order valence-corrected chi connectivity index (χ1v) is 7.28. The monoisotopic (exact) mass is 335 g/mol. The second-order valence-electron chi connectivity index (χ2n) is 5.78. The zero-order valence-corrected chi connectivity index (χ0v) is 13.9. The number of carbonyl (C=O) groups is 1. The zero-order chi connectivity index (χ0) is 17.9. The van der Waals surface area contributed by atoms with Crippen LogP contribution in [0.15, 0.2) is 36.4 Å². The normalized spacial score (nSPS) is 11.1. The van der Waals surface area contributed by atoms with Crippen LogP contribution in [0.4, 0.5) is 14.5 Å². The van der Waals surface area contributed by atoms with Gasteiger partial charge in [0, 0.05) is 11.8 Å². The molecule has 0 aliphatic heterocycles. The van der Waals surface area contributed by atoms with Crippen LogP contribution >= 0.6 is 0 Å². The minimum atomic E-state index is -1.02. The first-order chi connectivity index (χ1) is 11.3. The molecule has 24 heavy (non-hydrogen) atoms. The minimum Gasteiger partial charge on any atom is -0.493 e. The highest BCUT2D eigenvalue weighted by molar-refractivity contribution is 5.98. The Morgan fingerprint density at radius 2 is 1.62 bits per heavy atom. The maximum absolute atomic E-state index is 13.3. The van der Waals surface area contributed by atoms with E-state index in [-0.39, 0.29) is 11.6 Å². The Morgan fingerprint density at radius 3 is 2.21 bits per heavy atom. The summed E-state index contributed by atoms with van der Waals surface area (Å²) < 4.78 is 36.7. The molecule has 6 heteroatoms. The van der Waals surface area contributed by atoms with Gasteiger partial charge in [-0.15, -0.1) is 0 Å². The number of hydrogen-bond acceptors (Lipinski definition) is 3. The molecule has 2 rings (SSSR count). The maximum atomic E-state index is 13.3. The molecule has 1 N–H and O–H groups in total. The van der Waals surface area contributed by atoms with Gasteiger partial charge in [-0.05, 0) is 43.7 Å². The van der Waals surface area contributed by atoms with E-state index in [4.69, 9.17) is 9.47 Å². The van der Waals surface area contributed by atoms with Crippen molar-refractivity contribution >= 4 is 11.6 Å². The van der Waals surface area contributed by atoms with Gasteiger partial charge in [0.25, 0.3) is 0 Å². The minimum absolute atomic E-state index is 0.187. The van der Waals surface area contributed by atoms with Gasteiger partial charge in [-0.1, -0.05) is 6.07 Å². The lowest BCUT2D eigenvalue weighted by Crippen LogP contribution is -2.34. The summed E-state index contributed by atoms with van der Waals surface area (Å²) in [5, 5.41) is 2.60. The predicted octanol–water partition coefficient (Wildman–Crippen LogP) is 3.90. The quantitative estimate of drug-likeness (QED) is 0.901. The molecular weight excluding hydrogens is 316 g/mol. The van der Waals surface area contributed by atoms with Crippen molar-refractivity contribution in [2.45, 2.75) is 19.3 Å². The third-order valence-corrected chi connectivity index (χ3v) is 3.85. The third-order valence-electron chi connectivity index (χ3n) is 3.85. The average Bonchev–Trinajstić information content (AvgIpc) is 2.57. The highest BCUT2D eigenvalue weighted by atomic mass is 19.2. The van der Waals surface area contributed by atoms with Crippen molar-refractivity contribution in [3.63, 3.8) is 0 Å². The van der Waals surface area contributed by atoms with Gasteiger partial charge in [-0.3, -0.25) is 4.79 Å². The van der Waals surface area contributed by atoms with Gasteiger partial charge in [0.1, 0.15) is 0 Å². The lowest BCUT2D eigenvalue weighted by atomic mass is 9.83. The lowest BCUT2D eigenvalue weighted by Gasteiger charge is -2.25. The summed E-state index contributed by atoms with van der Waals surface area (Å²) in [7, 11) is 3.04. The Bertz CT molecular complexity index is 760. The van der Waals surface area contributed by atoms with Crippen LogP contribution in [0.1, 0.15) is 19.4 Å². The van der Waals surface area contributed by atoms with Crippen molar-refractivity contribution in [1.29, 1.82) is 0 Å². The molecule has 0 aromatic heterocycles. The molecule has 128 valence electrons. The van der Waals surface area contributed by atoms with Crippen molar-refractivity contribution in [2.24, 2.45) is 0 Å². The van der Waals surface area contributed by atoms with E-state index in [9.17, 15) is 13.6 Å². The lowest BCUT2D eigenvalue weighted by molar-refractivity contribution is -0.120. The second kappa shape index (κ2) is 6.86. The summed E-state index contributed by atoms with van der Waals surface area (Å²) in [6, 6.07) is 8.39. The number of amides is 1. The van der Waals surface area contributed by atoms with Gasteiger partial charge >= 0.3 is 0 Å². The zero-order valence-electron chi connectivity index (χ0n) is 13.9. The fraction of sp³-hybridized carbons (Fsp3) is 0.278. The SMILES string of the molecule is COc1ccc(C(C)(C)C(=O)Nc2ccc(F)c(F)c2)cc1OC. The average molecular weight is 335 g/mol. The van der Waals surface area contributed by atoms with E-state index in [1.807, 2.05) is 0 Å². The Hall–Kier alpha value is -2.63. The van der Waals surface area contributed by atoms with Crippen LogP contribution < -0.4 is 14.8 Å². The summed E-state index contributed by atoms with van der Waals surface area (Å²) in [4.78, 5) is 12.6. The molecule has 2 aromatic carbocycles. The number of rotatable bonds is 5. The van der Waals surface area contributed by atoms with E-state index in [1.54, 1.807) is 32.0 Å². The summed E-state index contributed by atoms with van der Waals surface area (Å²) in [5.74, 6) is -1.29. The van der Waals surface area contributed by atoms with Crippen LogP contribution in [0.5, 0.6) is 11.5 Å². The molecule has 2 aromatic rings. The molecule has 0 bridgehead atoms. The Morgan fingerprint density at radius 1 is 0.958 bits per heavy atom. The summed E-state index contributed by atoms with van der Waals surface area (Å²) >= 11 is 0. The third kappa shape index (κ3) is 3.48. The van der Waals surface area contributed by atoms with Crippen molar-refractivity contribution in [2.75, 3.05) is 19.5 Å². The summed E-state index contributed by atoms with van der Waals surface area (Å²) in [6.07, 6.45) is 0. The van der Waals surface area contributed by atoms with Crippen molar-refractivity contribution in [3.8, 4) is 11.5 Å². The molecule has 1 amide bonds. The number of ether oxygens (including phenoxy) is 2. The Kier molecular flexibility index (Phi) is 5.07. The standard InChI is InChI=1S/C18H19F2NO3/c1-18(2,11-5-8-15(23-3)16(9-11)24-4)17(22)21-12-6-7-13(19)14(20)10-12/h5-10H,1-4H3,(H,21,22). The number of carbonyl (C=O) groups excluding carboxylic acids is 1. The second-order valence-corrected chi connectivity index (χ2v) is 5.78. The van der Waals surface area contributed by atoms with E-state index < -0.39 is 17.0 Å². The van der Waals surface area contributed by atoms with Gasteiger partial charge in [0.15, 0.2) is 23.1 Å². The highest BCUT2D eigenvalue weighted by Crippen LogP contribution is 2.34. The van der Waals surface area contributed by atoms with E-state index in [0.29, 0.717) is 17.1 Å². The van der Waals surface area contributed by atoms with Gasteiger partial charge in [0.05, 0.1) is 19.6 Å². The van der Waals surface area contributed by atoms with E-state index in [2.05, 4.69) is 5.32 Å². The fourth-order valence-electron chi connectivity index (χ4n) is 2.22. The number of benzene rings is 2. The van der Waals surface area contributed by atoms with Crippen LogP contribution in [-0.2, 0) is 10.2 Å². The molecule has 0 atom stereocenters. The van der Waals surface area contributed by atoms with E-state index in [0.717, 1.165) is 12.1 Å². The molecule has 0 radical (unpaired) electrons. The number of methoxy groups -OCH3 is 2. The molecule has 0 aliphatic rings. The Balaban J connectivity index is 2.28. The predicted molar refractivity (Wildman–Crippen MR) is 87.6 cm³/mol. The fourth-order valence-corrected chi connectivity index (χ4v) is 2.22. The molecule has 4 nitrogen and oxygen atoms in total. The highest BCUT2D eigenvalue weighted by Gasteiger charge is 2.31. The molecule has 0 fully saturated rings. The number of anilines is 1. The van der Waals surface area contributed by atoms with Crippen LogP contribution in [0.2, 0.25) is 0 Å². The van der Waals surface area contributed by atoms with Gasteiger partial charge in [-0.2, -0.15) is 0 Å².